The molecule has 26 heavy (non-hydrogen) atoms. The summed E-state index contributed by atoms with van der Waals surface area (Å²) in [5.74, 6) is 1.35. The highest BCUT2D eigenvalue weighted by Gasteiger charge is 2.35. The van der Waals surface area contributed by atoms with Gasteiger partial charge in [-0.15, -0.1) is 12.4 Å². The van der Waals surface area contributed by atoms with E-state index in [1.807, 2.05) is 18.2 Å². The van der Waals surface area contributed by atoms with Crippen LogP contribution in [0.15, 0.2) is 18.2 Å². The minimum absolute atomic E-state index is 0. The molecule has 1 saturated carbocycles. The fourth-order valence-corrected chi connectivity index (χ4v) is 3.43. The molecule has 0 radical (unpaired) electrons. The first kappa shape index (κ1) is 20.8. The maximum absolute atomic E-state index is 12.4. The summed E-state index contributed by atoms with van der Waals surface area (Å²) < 4.78 is 16.8. The van der Waals surface area contributed by atoms with E-state index < -0.39 is 5.54 Å². The first-order chi connectivity index (χ1) is 12.1. The third-order valence-corrected chi connectivity index (χ3v) is 5.11. The Morgan fingerprint density at radius 3 is 2.62 bits per heavy atom. The van der Waals surface area contributed by atoms with Crippen LogP contribution in [0.25, 0.3) is 0 Å². The minimum atomic E-state index is -0.825. The Morgan fingerprint density at radius 1 is 1.27 bits per heavy atom. The molecule has 1 aromatic rings. The predicted molar refractivity (Wildman–Crippen MR) is 102 cm³/mol. The molecule has 1 heterocycles. The molecule has 1 aliphatic carbocycles. The molecule has 0 atom stereocenters. The van der Waals surface area contributed by atoms with E-state index in [2.05, 4.69) is 5.32 Å². The molecule has 3 N–H and O–H groups in total. The lowest BCUT2D eigenvalue weighted by molar-refractivity contribution is -0.129. The largest absolute Gasteiger partial charge is 0.493 e. The van der Waals surface area contributed by atoms with Crippen LogP contribution in [0.2, 0.25) is 0 Å². The summed E-state index contributed by atoms with van der Waals surface area (Å²) in [6.45, 7) is 1.49. The van der Waals surface area contributed by atoms with Gasteiger partial charge in [-0.25, -0.2) is 0 Å². The van der Waals surface area contributed by atoms with Gasteiger partial charge in [0.15, 0.2) is 11.5 Å². The maximum atomic E-state index is 12.4. The van der Waals surface area contributed by atoms with Crippen LogP contribution in [0.4, 0.5) is 0 Å². The number of hydrogen-bond donors (Lipinski definition) is 2. The maximum Gasteiger partial charge on any atom is 0.240 e. The second kappa shape index (κ2) is 9.44. The van der Waals surface area contributed by atoms with Gasteiger partial charge in [0.05, 0.1) is 18.8 Å². The molecule has 6 nitrogen and oxygen atoms in total. The number of methoxy groups -OCH3 is 1. The van der Waals surface area contributed by atoms with Crippen LogP contribution in [-0.2, 0) is 16.1 Å². The summed E-state index contributed by atoms with van der Waals surface area (Å²) in [7, 11) is 1.64. The van der Waals surface area contributed by atoms with Crippen molar-refractivity contribution in [3.63, 3.8) is 0 Å². The van der Waals surface area contributed by atoms with Crippen molar-refractivity contribution in [2.45, 2.75) is 56.7 Å². The van der Waals surface area contributed by atoms with Crippen LogP contribution in [0.5, 0.6) is 11.5 Å². The number of amides is 1. The molecule has 7 heteroatoms. The summed E-state index contributed by atoms with van der Waals surface area (Å²) in [4.78, 5) is 12.4. The Balaban J connectivity index is 0.00000243. The van der Waals surface area contributed by atoms with Crippen LogP contribution in [0.1, 0.15) is 44.1 Å². The first-order valence-corrected chi connectivity index (χ1v) is 9.09. The molecule has 0 spiro atoms. The van der Waals surface area contributed by atoms with Gasteiger partial charge in [-0.3, -0.25) is 4.79 Å². The standard InChI is InChI=1S/C19H28N2O4.ClH/c1-23-16-7-6-14(12-17(16)25-15-4-2-3-5-15)13-21-18(22)19(20)8-10-24-11-9-19;/h6-7,12,15H,2-5,8-11,13,20H2,1H3,(H,21,22);1H. The molecule has 1 saturated heterocycles. The number of carbonyl (C=O) groups excluding carboxylic acids is 1. The molecule has 1 amide bonds. The second-order valence-corrected chi connectivity index (χ2v) is 6.96. The van der Waals surface area contributed by atoms with Crippen molar-refractivity contribution in [1.82, 2.24) is 5.32 Å². The molecule has 1 aliphatic heterocycles. The lowest BCUT2D eigenvalue weighted by Crippen LogP contribution is -2.56. The van der Waals surface area contributed by atoms with Gasteiger partial charge in [-0.1, -0.05) is 6.07 Å². The Hall–Kier alpha value is -1.50. The number of halogens is 1. The third kappa shape index (κ3) is 5.02. The molecular formula is C19H29ClN2O4. The highest BCUT2D eigenvalue weighted by Crippen LogP contribution is 2.32. The lowest BCUT2D eigenvalue weighted by Gasteiger charge is -2.31. The van der Waals surface area contributed by atoms with E-state index in [1.54, 1.807) is 7.11 Å². The highest BCUT2D eigenvalue weighted by molar-refractivity contribution is 5.86. The SMILES string of the molecule is COc1ccc(CNC(=O)C2(N)CCOCC2)cc1OC1CCCC1.Cl. The zero-order valence-corrected chi connectivity index (χ0v) is 16.1. The van der Waals surface area contributed by atoms with E-state index in [0.717, 1.165) is 29.9 Å². The van der Waals surface area contributed by atoms with Crippen molar-refractivity contribution in [2.75, 3.05) is 20.3 Å². The fraction of sp³-hybridized carbons (Fsp3) is 0.632. The van der Waals surface area contributed by atoms with E-state index >= 15 is 0 Å². The predicted octanol–water partition coefficient (Wildman–Crippen LogP) is 2.56. The van der Waals surface area contributed by atoms with Crippen molar-refractivity contribution in [2.24, 2.45) is 5.73 Å². The quantitative estimate of drug-likeness (QED) is 0.787. The van der Waals surface area contributed by atoms with Crippen molar-refractivity contribution < 1.29 is 19.0 Å². The average Bonchev–Trinajstić information content (AvgIpc) is 3.13. The molecule has 146 valence electrons. The van der Waals surface area contributed by atoms with Crippen molar-refractivity contribution in [3.05, 3.63) is 23.8 Å². The van der Waals surface area contributed by atoms with E-state index in [9.17, 15) is 4.79 Å². The zero-order chi connectivity index (χ0) is 17.7. The van der Waals surface area contributed by atoms with Gasteiger partial charge in [0.2, 0.25) is 5.91 Å². The van der Waals surface area contributed by atoms with E-state index in [0.29, 0.717) is 32.6 Å². The Kier molecular flexibility index (Phi) is 7.55. The third-order valence-electron chi connectivity index (χ3n) is 5.11. The molecule has 0 bridgehead atoms. The second-order valence-electron chi connectivity index (χ2n) is 6.96. The van der Waals surface area contributed by atoms with Gasteiger partial charge in [-0.2, -0.15) is 0 Å². The number of ether oxygens (including phenoxy) is 3. The van der Waals surface area contributed by atoms with Gasteiger partial charge in [-0.05, 0) is 56.2 Å². The van der Waals surface area contributed by atoms with Crippen molar-refractivity contribution in [3.8, 4) is 11.5 Å². The van der Waals surface area contributed by atoms with Crippen molar-refractivity contribution in [1.29, 1.82) is 0 Å². The molecule has 2 aliphatic rings. The Bertz CT molecular complexity index is 599. The number of nitrogens with one attached hydrogen (secondary N) is 1. The summed E-state index contributed by atoms with van der Waals surface area (Å²) in [6, 6.07) is 5.77. The smallest absolute Gasteiger partial charge is 0.240 e. The number of carbonyl (C=O) groups is 1. The zero-order valence-electron chi connectivity index (χ0n) is 15.3. The number of nitrogens with two attached hydrogens (primary N) is 1. The highest BCUT2D eigenvalue weighted by atomic mass is 35.5. The summed E-state index contributed by atoms with van der Waals surface area (Å²) in [6.07, 6.45) is 5.96. The van der Waals surface area contributed by atoms with E-state index in [-0.39, 0.29) is 24.4 Å². The van der Waals surface area contributed by atoms with E-state index in [1.165, 1.54) is 12.8 Å². The lowest BCUT2D eigenvalue weighted by atomic mass is 9.90. The van der Waals surface area contributed by atoms with Crippen LogP contribution in [0, 0.1) is 0 Å². The molecule has 1 aromatic carbocycles. The topological polar surface area (TPSA) is 82.8 Å². The molecule has 3 rings (SSSR count). The number of hydrogen-bond acceptors (Lipinski definition) is 5. The van der Waals surface area contributed by atoms with Gasteiger partial charge in [0, 0.05) is 19.8 Å². The Morgan fingerprint density at radius 2 is 1.96 bits per heavy atom. The summed E-state index contributed by atoms with van der Waals surface area (Å²) in [5, 5.41) is 2.95. The Labute approximate surface area is 161 Å². The van der Waals surface area contributed by atoms with Crippen LogP contribution < -0.4 is 20.5 Å². The monoisotopic (exact) mass is 384 g/mol. The summed E-state index contributed by atoms with van der Waals surface area (Å²) in [5.41, 5.74) is 6.36. The van der Waals surface area contributed by atoms with Gasteiger partial charge < -0.3 is 25.3 Å². The molecule has 0 aromatic heterocycles. The van der Waals surface area contributed by atoms with E-state index in [4.69, 9.17) is 19.9 Å². The van der Waals surface area contributed by atoms with Crippen LogP contribution in [0.3, 0.4) is 0 Å². The van der Waals surface area contributed by atoms with Gasteiger partial charge >= 0.3 is 0 Å². The van der Waals surface area contributed by atoms with Crippen LogP contribution in [-0.4, -0.2) is 37.9 Å². The van der Waals surface area contributed by atoms with Gasteiger partial charge in [0.1, 0.15) is 0 Å². The minimum Gasteiger partial charge on any atom is -0.493 e. The molecule has 2 fully saturated rings. The molecule has 0 unspecified atom stereocenters. The number of benzene rings is 1. The van der Waals surface area contributed by atoms with Crippen LogP contribution >= 0.6 is 12.4 Å². The fourth-order valence-electron chi connectivity index (χ4n) is 3.43. The number of rotatable bonds is 6. The first-order valence-electron chi connectivity index (χ1n) is 9.09. The summed E-state index contributed by atoms with van der Waals surface area (Å²) >= 11 is 0. The molecular weight excluding hydrogens is 356 g/mol. The van der Waals surface area contributed by atoms with Gasteiger partial charge in [0.25, 0.3) is 0 Å². The normalized spacial score (nSPS) is 19.5. The average molecular weight is 385 g/mol. The van der Waals surface area contributed by atoms with Crippen molar-refractivity contribution >= 4 is 18.3 Å².